The van der Waals surface area contributed by atoms with Crippen molar-refractivity contribution in [2.75, 3.05) is 27.9 Å². The zero-order chi connectivity index (χ0) is 17.4. The zero-order valence-electron chi connectivity index (χ0n) is 13.9. The maximum Gasteiger partial charge on any atom is 0.252 e. The lowest BCUT2D eigenvalue weighted by Gasteiger charge is -2.08. The Morgan fingerprint density at radius 1 is 1.00 bits per heavy atom. The second-order valence-corrected chi connectivity index (χ2v) is 4.79. The highest BCUT2D eigenvalue weighted by Crippen LogP contribution is 2.22. The summed E-state index contributed by atoms with van der Waals surface area (Å²) in [4.78, 5) is 12.2. The van der Waals surface area contributed by atoms with Crippen LogP contribution in [-0.2, 0) is 0 Å². The molecular formula is C19H19NO4. The van der Waals surface area contributed by atoms with E-state index >= 15 is 0 Å². The first-order valence-electron chi connectivity index (χ1n) is 7.31. The number of hydrogen-bond donors (Lipinski definition) is 1. The van der Waals surface area contributed by atoms with Crippen LogP contribution in [0.1, 0.15) is 15.9 Å². The highest BCUT2D eigenvalue weighted by atomic mass is 16.5. The number of carbonyl (C=O) groups excluding carboxylic acids is 1. The Hall–Kier alpha value is -3.13. The van der Waals surface area contributed by atoms with Gasteiger partial charge in [-0.15, -0.1) is 0 Å². The van der Waals surface area contributed by atoms with Crippen molar-refractivity contribution < 1.29 is 19.0 Å². The van der Waals surface area contributed by atoms with Crippen molar-refractivity contribution in [2.24, 2.45) is 0 Å². The number of benzene rings is 2. The topological polar surface area (TPSA) is 56.8 Å². The Morgan fingerprint density at radius 2 is 1.67 bits per heavy atom. The number of hydrogen-bond acceptors (Lipinski definition) is 4. The van der Waals surface area contributed by atoms with Gasteiger partial charge in [-0.2, -0.15) is 0 Å². The van der Waals surface area contributed by atoms with Crippen LogP contribution in [0, 0.1) is 11.8 Å². The van der Waals surface area contributed by atoms with Gasteiger partial charge in [-0.3, -0.25) is 4.79 Å². The number of nitrogens with one attached hydrogen (secondary N) is 1. The van der Waals surface area contributed by atoms with E-state index in [4.69, 9.17) is 14.2 Å². The molecule has 1 N–H and O–H groups in total. The van der Waals surface area contributed by atoms with E-state index in [9.17, 15) is 4.79 Å². The number of amides is 1. The molecule has 2 aromatic rings. The average molecular weight is 325 g/mol. The van der Waals surface area contributed by atoms with Crippen molar-refractivity contribution in [3.05, 3.63) is 53.6 Å². The summed E-state index contributed by atoms with van der Waals surface area (Å²) in [7, 11) is 4.67. The third kappa shape index (κ3) is 4.43. The van der Waals surface area contributed by atoms with E-state index < -0.39 is 0 Å². The zero-order valence-corrected chi connectivity index (χ0v) is 13.9. The minimum atomic E-state index is -0.249. The van der Waals surface area contributed by atoms with E-state index in [1.165, 1.54) is 14.2 Å². The summed E-state index contributed by atoms with van der Waals surface area (Å²) < 4.78 is 15.5. The van der Waals surface area contributed by atoms with E-state index in [1.807, 2.05) is 24.3 Å². The molecule has 0 heterocycles. The summed E-state index contributed by atoms with van der Waals surface area (Å²) in [5.41, 5.74) is 1.22. The molecular weight excluding hydrogens is 306 g/mol. The highest BCUT2D eigenvalue weighted by Gasteiger charge is 2.08. The van der Waals surface area contributed by atoms with Gasteiger partial charge >= 0.3 is 0 Å². The number of methoxy groups -OCH3 is 3. The molecule has 0 atom stereocenters. The van der Waals surface area contributed by atoms with Gasteiger partial charge in [0.1, 0.15) is 17.2 Å². The van der Waals surface area contributed by atoms with Gasteiger partial charge in [-0.25, -0.2) is 0 Å². The van der Waals surface area contributed by atoms with Crippen LogP contribution in [0.25, 0.3) is 0 Å². The van der Waals surface area contributed by atoms with Crippen LogP contribution in [0.3, 0.4) is 0 Å². The first-order chi connectivity index (χ1) is 11.7. The summed E-state index contributed by atoms with van der Waals surface area (Å²) >= 11 is 0. The van der Waals surface area contributed by atoms with Gasteiger partial charge in [0.2, 0.25) is 0 Å². The van der Waals surface area contributed by atoms with E-state index in [1.54, 1.807) is 25.3 Å². The minimum absolute atomic E-state index is 0.219. The molecule has 0 spiro atoms. The Kier molecular flexibility index (Phi) is 6.09. The predicted molar refractivity (Wildman–Crippen MR) is 91.8 cm³/mol. The van der Waals surface area contributed by atoms with Gasteiger partial charge in [0, 0.05) is 11.6 Å². The van der Waals surface area contributed by atoms with Crippen LogP contribution in [0.2, 0.25) is 0 Å². The van der Waals surface area contributed by atoms with Crippen molar-refractivity contribution in [1.82, 2.24) is 5.32 Å². The average Bonchev–Trinajstić information content (AvgIpc) is 2.64. The third-order valence-electron chi connectivity index (χ3n) is 3.28. The molecule has 0 aliphatic rings. The van der Waals surface area contributed by atoms with E-state index in [0.717, 1.165) is 5.56 Å². The van der Waals surface area contributed by atoms with Gasteiger partial charge in [0.05, 0.1) is 33.4 Å². The molecule has 0 saturated heterocycles. The highest BCUT2D eigenvalue weighted by molar-refractivity contribution is 5.95. The Labute approximate surface area is 141 Å². The van der Waals surface area contributed by atoms with E-state index in [2.05, 4.69) is 17.2 Å². The molecule has 0 aliphatic heterocycles. The van der Waals surface area contributed by atoms with Crippen molar-refractivity contribution in [3.63, 3.8) is 0 Å². The predicted octanol–water partition coefficient (Wildman–Crippen LogP) is 2.49. The van der Waals surface area contributed by atoms with Crippen LogP contribution >= 0.6 is 0 Å². The maximum absolute atomic E-state index is 12.2. The van der Waals surface area contributed by atoms with Gasteiger partial charge in [-0.1, -0.05) is 24.0 Å². The van der Waals surface area contributed by atoms with Crippen molar-refractivity contribution in [3.8, 4) is 29.1 Å². The Balaban J connectivity index is 2.03. The maximum atomic E-state index is 12.2. The molecule has 0 bridgehead atoms. The molecule has 124 valence electrons. The minimum Gasteiger partial charge on any atom is -0.497 e. The summed E-state index contributed by atoms with van der Waals surface area (Å²) in [6, 6.07) is 12.5. The first-order valence-corrected chi connectivity index (χ1v) is 7.31. The molecule has 5 nitrogen and oxygen atoms in total. The molecule has 0 aliphatic carbocycles. The fourth-order valence-corrected chi connectivity index (χ4v) is 2.05. The molecule has 2 rings (SSSR count). The summed E-state index contributed by atoms with van der Waals surface area (Å²) in [6.07, 6.45) is 0. The smallest absolute Gasteiger partial charge is 0.252 e. The van der Waals surface area contributed by atoms with Gasteiger partial charge < -0.3 is 19.5 Å². The molecule has 5 heteroatoms. The van der Waals surface area contributed by atoms with Crippen LogP contribution in [0.5, 0.6) is 17.2 Å². The van der Waals surface area contributed by atoms with Crippen molar-refractivity contribution >= 4 is 5.91 Å². The van der Waals surface area contributed by atoms with Gasteiger partial charge in [-0.05, 0) is 24.3 Å². The fourth-order valence-electron chi connectivity index (χ4n) is 2.05. The number of carbonyl (C=O) groups is 1. The molecule has 2 aromatic carbocycles. The van der Waals surface area contributed by atoms with Crippen LogP contribution < -0.4 is 19.5 Å². The molecule has 24 heavy (non-hydrogen) atoms. The lowest BCUT2D eigenvalue weighted by molar-refractivity contribution is 0.0958. The summed E-state index contributed by atoms with van der Waals surface area (Å²) in [5.74, 6) is 7.45. The largest absolute Gasteiger partial charge is 0.497 e. The molecule has 0 aromatic heterocycles. The molecule has 0 saturated carbocycles. The van der Waals surface area contributed by atoms with E-state index in [-0.39, 0.29) is 12.5 Å². The number of rotatable bonds is 5. The third-order valence-corrected chi connectivity index (χ3v) is 3.28. The van der Waals surface area contributed by atoms with Crippen LogP contribution in [0.15, 0.2) is 42.5 Å². The van der Waals surface area contributed by atoms with Gasteiger partial charge in [0.15, 0.2) is 0 Å². The van der Waals surface area contributed by atoms with Crippen molar-refractivity contribution in [1.29, 1.82) is 0 Å². The van der Waals surface area contributed by atoms with Crippen LogP contribution in [0.4, 0.5) is 0 Å². The lowest BCUT2D eigenvalue weighted by Crippen LogP contribution is -2.23. The number of para-hydroxylation sites is 1. The quantitative estimate of drug-likeness (QED) is 0.858. The Bertz CT molecular complexity index is 752. The monoisotopic (exact) mass is 325 g/mol. The lowest BCUT2D eigenvalue weighted by atomic mass is 10.2. The first kappa shape index (κ1) is 17.2. The second kappa shape index (κ2) is 8.49. The van der Waals surface area contributed by atoms with Crippen molar-refractivity contribution in [2.45, 2.75) is 0 Å². The summed E-state index contributed by atoms with van der Waals surface area (Å²) in [6.45, 7) is 0.219. The number of ether oxygens (including phenoxy) is 3. The SMILES string of the molecule is COc1cc(OC)cc(C(=O)NCC#Cc2ccccc2OC)c1. The second-order valence-electron chi connectivity index (χ2n) is 4.79. The Morgan fingerprint density at radius 3 is 2.29 bits per heavy atom. The summed E-state index contributed by atoms with van der Waals surface area (Å²) in [5, 5.41) is 2.74. The molecule has 1 amide bonds. The standard InChI is InChI=1S/C19H19NO4/c1-22-16-11-15(12-17(13-16)23-2)19(21)20-10-6-8-14-7-4-5-9-18(14)24-3/h4-5,7,9,11-13H,10H2,1-3H3,(H,20,21). The molecule has 0 fully saturated rings. The van der Waals surface area contributed by atoms with E-state index in [0.29, 0.717) is 22.8 Å². The normalized spacial score (nSPS) is 9.46. The van der Waals surface area contributed by atoms with Crippen LogP contribution in [-0.4, -0.2) is 33.8 Å². The van der Waals surface area contributed by atoms with Gasteiger partial charge in [0.25, 0.3) is 5.91 Å². The fraction of sp³-hybridized carbons (Fsp3) is 0.211. The molecule has 0 radical (unpaired) electrons. The molecule has 0 unspecified atom stereocenters.